The quantitative estimate of drug-likeness (QED) is 0.272. The van der Waals surface area contributed by atoms with Crippen LogP contribution in [0.4, 0.5) is 11.5 Å². The number of carbonyl (C=O) groups is 1. The van der Waals surface area contributed by atoms with Gasteiger partial charge >= 0.3 is 0 Å². The molecule has 0 fully saturated rings. The number of nitrogens with zero attached hydrogens (tertiary/aromatic N) is 4. The van der Waals surface area contributed by atoms with Gasteiger partial charge in [-0.15, -0.1) is 0 Å². The van der Waals surface area contributed by atoms with Crippen LogP contribution in [0.25, 0.3) is 21.4 Å². The Bertz CT molecular complexity index is 1310. The van der Waals surface area contributed by atoms with Crippen LogP contribution in [0, 0.1) is 30.9 Å². The van der Waals surface area contributed by atoms with Crippen molar-refractivity contribution in [3.05, 3.63) is 81.0 Å². The van der Waals surface area contributed by atoms with Crippen molar-refractivity contribution in [2.45, 2.75) is 20.8 Å². The summed E-state index contributed by atoms with van der Waals surface area (Å²) in [6.07, 6.45) is 2.86. The lowest BCUT2D eigenvalue weighted by Gasteiger charge is -2.04. The minimum absolute atomic E-state index is 0.0300. The molecular formula is C22H19N5O3S. The van der Waals surface area contributed by atoms with Gasteiger partial charge < -0.3 is 5.32 Å². The molecule has 0 aliphatic heterocycles. The van der Waals surface area contributed by atoms with Crippen LogP contribution in [-0.2, 0) is 4.79 Å². The number of nitro groups is 1. The Hall–Kier alpha value is -3.85. The number of nitro benzene ring substituents is 1. The van der Waals surface area contributed by atoms with Crippen LogP contribution in [0.1, 0.15) is 22.4 Å². The van der Waals surface area contributed by atoms with Gasteiger partial charge in [0.25, 0.3) is 5.69 Å². The van der Waals surface area contributed by atoms with Crippen LogP contribution in [0.3, 0.4) is 0 Å². The molecule has 0 radical (unpaired) electrons. The van der Waals surface area contributed by atoms with Gasteiger partial charge in [0.1, 0.15) is 5.82 Å². The van der Waals surface area contributed by atoms with Crippen LogP contribution >= 0.6 is 11.3 Å². The van der Waals surface area contributed by atoms with E-state index in [-0.39, 0.29) is 11.6 Å². The van der Waals surface area contributed by atoms with E-state index in [9.17, 15) is 14.9 Å². The van der Waals surface area contributed by atoms with Crippen LogP contribution in [0.2, 0.25) is 0 Å². The number of aromatic nitrogens is 3. The van der Waals surface area contributed by atoms with E-state index < -0.39 is 4.92 Å². The SMILES string of the molecule is Cc1cc(NC(=O)/C=C/c2cccc([N+](=O)[O-])c2)n(-c2nc3cc(C)c(C)cc3s2)n1. The predicted octanol–water partition coefficient (Wildman–Crippen LogP) is 4.97. The molecule has 2 aromatic carbocycles. The zero-order valence-electron chi connectivity index (χ0n) is 17.1. The largest absolute Gasteiger partial charge is 0.307 e. The third kappa shape index (κ3) is 4.36. The average molecular weight is 433 g/mol. The van der Waals surface area contributed by atoms with E-state index in [4.69, 9.17) is 0 Å². The summed E-state index contributed by atoms with van der Waals surface area (Å²) in [5.41, 5.74) is 4.52. The fourth-order valence-electron chi connectivity index (χ4n) is 3.07. The van der Waals surface area contributed by atoms with Crippen LogP contribution in [0.15, 0.2) is 48.5 Å². The number of nitrogens with one attached hydrogen (secondary N) is 1. The van der Waals surface area contributed by atoms with Crippen LogP contribution in [-0.4, -0.2) is 25.6 Å². The predicted molar refractivity (Wildman–Crippen MR) is 122 cm³/mol. The number of anilines is 1. The lowest BCUT2D eigenvalue weighted by molar-refractivity contribution is -0.384. The molecule has 0 unspecified atom stereocenters. The molecule has 2 heterocycles. The number of hydrogen-bond donors (Lipinski definition) is 1. The molecule has 8 nitrogen and oxygen atoms in total. The number of carbonyl (C=O) groups excluding carboxylic acids is 1. The Kier molecular flexibility index (Phi) is 5.35. The number of amides is 1. The molecule has 4 aromatic rings. The van der Waals surface area contributed by atoms with E-state index in [2.05, 4.69) is 28.4 Å². The summed E-state index contributed by atoms with van der Waals surface area (Å²) >= 11 is 1.50. The number of rotatable bonds is 5. The van der Waals surface area contributed by atoms with E-state index in [1.54, 1.807) is 22.9 Å². The Morgan fingerprint density at radius 3 is 2.71 bits per heavy atom. The number of benzene rings is 2. The molecule has 0 bridgehead atoms. The molecule has 156 valence electrons. The molecule has 0 spiro atoms. The molecule has 0 aliphatic carbocycles. The first kappa shape index (κ1) is 20.4. The average Bonchev–Trinajstić information content (AvgIpc) is 3.29. The third-order valence-corrected chi connectivity index (χ3v) is 5.76. The normalized spacial score (nSPS) is 11.3. The van der Waals surface area contributed by atoms with Crippen LogP contribution < -0.4 is 5.32 Å². The van der Waals surface area contributed by atoms with E-state index in [1.807, 2.05) is 19.9 Å². The molecule has 0 aliphatic rings. The van der Waals surface area contributed by atoms with Crippen molar-refractivity contribution in [2.75, 3.05) is 5.32 Å². The number of aryl methyl sites for hydroxylation is 3. The molecule has 4 rings (SSSR count). The van der Waals surface area contributed by atoms with Gasteiger partial charge in [0, 0.05) is 24.3 Å². The highest BCUT2D eigenvalue weighted by molar-refractivity contribution is 7.20. The van der Waals surface area contributed by atoms with Crippen molar-refractivity contribution < 1.29 is 9.72 Å². The van der Waals surface area contributed by atoms with Crippen molar-refractivity contribution in [2.24, 2.45) is 0 Å². The second kappa shape index (κ2) is 8.11. The first-order chi connectivity index (χ1) is 14.8. The highest BCUT2D eigenvalue weighted by atomic mass is 32.1. The highest BCUT2D eigenvalue weighted by Crippen LogP contribution is 2.29. The smallest absolute Gasteiger partial charge is 0.270 e. The van der Waals surface area contributed by atoms with Crippen molar-refractivity contribution in [1.29, 1.82) is 0 Å². The highest BCUT2D eigenvalue weighted by Gasteiger charge is 2.14. The molecule has 1 N–H and O–H groups in total. The molecule has 2 aromatic heterocycles. The van der Waals surface area contributed by atoms with Gasteiger partial charge in [0.2, 0.25) is 11.0 Å². The summed E-state index contributed by atoms with van der Waals surface area (Å²) in [6.45, 7) is 5.95. The topological polar surface area (TPSA) is 103 Å². The molecule has 0 atom stereocenters. The van der Waals surface area contributed by atoms with Gasteiger partial charge in [-0.25, -0.2) is 4.98 Å². The van der Waals surface area contributed by atoms with E-state index in [0.29, 0.717) is 16.5 Å². The minimum atomic E-state index is -0.472. The number of fused-ring (bicyclic) bond motifs is 1. The number of thiazole rings is 1. The zero-order chi connectivity index (χ0) is 22.1. The molecule has 1 amide bonds. The summed E-state index contributed by atoms with van der Waals surface area (Å²) in [5.74, 6) is 0.124. The van der Waals surface area contributed by atoms with Gasteiger partial charge in [-0.2, -0.15) is 9.78 Å². The standard InChI is InChI=1S/C22H19N5O3S/c1-13-9-18-19(10-14(13)2)31-22(23-18)26-20(11-15(3)25-26)24-21(28)8-7-16-5-4-6-17(12-16)27(29)30/h4-12H,1-3H3,(H,24,28)/b8-7+. The van der Waals surface area contributed by atoms with Crippen molar-refractivity contribution >= 4 is 45.0 Å². The first-order valence-corrected chi connectivity index (χ1v) is 10.3. The van der Waals surface area contributed by atoms with Crippen molar-refractivity contribution in [3.63, 3.8) is 0 Å². The van der Waals surface area contributed by atoms with E-state index >= 15 is 0 Å². The zero-order valence-corrected chi connectivity index (χ0v) is 17.9. The Labute approximate surface area is 182 Å². The van der Waals surface area contributed by atoms with Gasteiger partial charge in [0.05, 0.1) is 20.8 Å². The van der Waals surface area contributed by atoms with E-state index in [1.165, 1.54) is 46.7 Å². The molecule has 31 heavy (non-hydrogen) atoms. The summed E-state index contributed by atoms with van der Waals surface area (Å²) in [6, 6.07) is 12.0. The maximum Gasteiger partial charge on any atom is 0.270 e. The summed E-state index contributed by atoms with van der Waals surface area (Å²) in [7, 11) is 0. The lowest BCUT2D eigenvalue weighted by Crippen LogP contribution is -2.12. The van der Waals surface area contributed by atoms with E-state index in [0.717, 1.165) is 15.9 Å². The first-order valence-electron chi connectivity index (χ1n) is 9.48. The molecule has 9 heteroatoms. The van der Waals surface area contributed by atoms with Crippen molar-refractivity contribution in [3.8, 4) is 5.13 Å². The number of non-ortho nitro benzene ring substituents is 1. The minimum Gasteiger partial charge on any atom is -0.307 e. The maximum absolute atomic E-state index is 12.5. The second-order valence-corrected chi connectivity index (χ2v) is 8.17. The summed E-state index contributed by atoms with van der Waals surface area (Å²) < 4.78 is 2.66. The monoisotopic (exact) mass is 433 g/mol. The van der Waals surface area contributed by atoms with Gasteiger partial charge in [0.15, 0.2) is 0 Å². The molecule has 0 saturated carbocycles. The maximum atomic E-state index is 12.5. The molecule has 0 saturated heterocycles. The number of hydrogen-bond acceptors (Lipinski definition) is 6. The summed E-state index contributed by atoms with van der Waals surface area (Å²) in [4.78, 5) is 27.6. The Morgan fingerprint density at radius 1 is 1.16 bits per heavy atom. The van der Waals surface area contributed by atoms with Gasteiger partial charge in [-0.3, -0.25) is 14.9 Å². The second-order valence-electron chi connectivity index (χ2n) is 7.16. The Balaban J connectivity index is 1.58. The van der Waals surface area contributed by atoms with Crippen molar-refractivity contribution in [1.82, 2.24) is 14.8 Å². The fourth-order valence-corrected chi connectivity index (χ4v) is 4.09. The van der Waals surface area contributed by atoms with Gasteiger partial charge in [-0.1, -0.05) is 23.5 Å². The van der Waals surface area contributed by atoms with Crippen LogP contribution in [0.5, 0.6) is 0 Å². The Morgan fingerprint density at radius 2 is 1.94 bits per heavy atom. The molecular weight excluding hydrogens is 414 g/mol. The van der Waals surface area contributed by atoms with Gasteiger partial charge in [-0.05, 0) is 55.7 Å². The fraction of sp³-hybridized carbons (Fsp3) is 0.136. The lowest BCUT2D eigenvalue weighted by atomic mass is 10.1. The summed E-state index contributed by atoms with van der Waals surface area (Å²) in [5, 5.41) is 18.8. The third-order valence-electron chi connectivity index (χ3n) is 4.76.